The van der Waals surface area contributed by atoms with Crippen molar-refractivity contribution in [3.63, 3.8) is 0 Å². The number of aromatic nitrogens is 3. The summed E-state index contributed by atoms with van der Waals surface area (Å²) in [5.74, 6) is -1.11. The number of aryl methyl sites for hydroxylation is 1. The van der Waals surface area contributed by atoms with Gasteiger partial charge in [-0.2, -0.15) is 4.39 Å². The molecule has 0 saturated carbocycles. The number of nitro groups is 1. The Labute approximate surface area is 199 Å². The molecule has 0 bridgehead atoms. The summed E-state index contributed by atoms with van der Waals surface area (Å²) in [5.41, 5.74) is 1.24. The second-order valence-electron chi connectivity index (χ2n) is 7.92. The molecule has 2 heterocycles. The van der Waals surface area contributed by atoms with E-state index >= 15 is 0 Å². The molecular weight excluding hydrogens is 457 g/mol. The van der Waals surface area contributed by atoms with Crippen LogP contribution in [-0.2, 0) is 11.8 Å². The number of anilines is 2. The number of benzene rings is 2. The topological polar surface area (TPSA) is 121 Å². The number of nitro benzene ring substituents is 1. The lowest BCUT2D eigenvalue weighted by molar-refractivity contribution is -0.387. The SMILES string of the molecule is COc1cc(F)c([N+](=O)[O-])cc1Nc1c(-c2ncncc2C(=O)OC(C)C)c2ccccc2n1C. The zero-order valence-corrected chi connectivity index (χ0v) is 19.4. The first-order valence-corrected chi connectivity index (χ1v) is 10.6. The van der Waals surface area contributed by atoms with E-state index in [1.165, 1.54) is 19.6 Å². The summed E-state index contributed by atoms with van der Waals surface area (Å²) < 4.78 is 26.7. The van der Waals surface area contributed by atoms with Crippen LogP contribution in [-0.4, -0.2) is 38.6 Å². The van der Waals surface area contributed by atoms with Crippen molar-refractivity contribution in [1.82, 2.24) is 14.5 Å². The van der Waals surface area contributed by atoms with Crippen molar-refractivity contribution in [2.24, 2.45) is 7.05 Å². The van der Waals surface area contributed by atoms with E-state index in [0.29, 0.717) is 17.1 Å². The van der Waals surface area contributed by atoms with E-state index in [-0.39, 0.29) is 23.1 Å². The Morgan fingerprint density at radius 1 is 1.26 bits per heavy atom. The van der Waals surface area contributed by atoms with Crippen molar-refractivity contribution < 1.29 is 23.6 Å². The summed E-state index contributed by atoms with van der Waals surface area (Å²) >= 11 is 0. The maximum absolute atomic E-state index is 14.2. The van der Waals surface area contributed by atoms with Crippen molar-refractivity contribution in [1.29, 1.82) is 0 Å². The Hall–Kier alpha value is -4.54. The minimum Gasteiger partial charge on any atom is -0.494 e. The van der Waals surface area contributed by atoms with Gasteiger partial charge in [0.15, 0.2) is 0 Å². The van der Waals surface area contributed by atoms with Crippen LogP contribution in [0.5, 0.6) is 5.75 Å². The van der Waals surface area contributed by atoms with Gasteiger partial charge in [-0.25, -0.2) is 14.8 Å². The maximum atomic E-state index is 14.2. The lowest BCUT2D eigenvalue weighted by Gasteiger charge is -2.15. The zero-order valence-electron chi connectivity index (χ0n) is 19.4. The number of carbonyl (C=O) groups is 1. The number of carbonyl (C=O) groups excluding carboxylic acids is 1. The quantitative estimate of drug-likeness (QED) is 0.223. The Balaban J connectivity index is 1.97. The number of methoxy groups -OCH3 is 1. The molecule has 0 amide bonds. The molecule has 0 aliphatic rings. The number of nitrogens with one attached hydrogen (secondary N) is 1. The first-order valence-electron chi connectivity index (χ1n) is 10.6. The monoisotopic (exact) mass is 479 g/mol. The molecule has 10 nitrogen and oxygen atoms in total. The molecule has 0 saturated heterocycles. The van der Waals surface area contributed by atoms with Gasteiger partial charge < -0.3 is 19.4 Å². The Kier molecular flexibility index (Phi) is 6.32. The molecule has 4 rings (SSSR count). The third-order valence-electron chi connectivity index (χ3n) is 5.34. The Bertz CT molecular complexity index is 1450. The van der Waals surface area contributed by atoms with Gasteiger partial charge in [-0.15, -0.1) is 0 Å². The molecule has 11 heteroatoms. The van der Waals surface area contributed by atoms with Gasteiger partial charge >= 0.3 is 11.7 Å². The van der Waals surface area contributed by atoms with Crippen molar-refractivity contribution >= 4 is 34.1 Å². The number of rotatable bonds is 7. The summed E-state index contributed by atoms with van der Waals surface area (Å²) in [5, 5.41) is 15.2. The highest BCUT2D eigenvalue weighted by molar-refractivity contribution is 6.08. The fourth-order valence-corrected chi connectivity index (χ4v) is 3.81. The lowest BCUT2D eigenvalue weighted by atomic mass is 10.0. The number of ether oxygens (including phenoxy) is 2. The predicted octanol–water partition coefficient (Wildman–Crippen LogP) is 5.00. The number of para-hydroxylation sites is 1. The Morgan fingerprint density at radius 2 is 2.00 bits per heavy atom. The number of fused-ring (bicyclic) bond motifs is 1. The molecule has 0 spiro atoms. The molecule has 35 heavy (non-hydrogen) atoms. The van der Waals surface area contributed by atoms with Crippen LogP contribution in [0.4, 0.5) is 21.6 Å². The lowest BCUT2D eigenvalue weighted by Crippen LogP contribution is -2.14. The van der Waals surface area contributed by atoms with Gasteiger partial charge in [0.2, 0.25) is 5.82 Å². The van der Waals surface area contributed by atoms with Crippen LogP contribution < -0.4 is 10.1 Å². The molecule has 2 aromatic heterocycles. The van der Waals surface area contributed by atoms with E-state index in [1.807, 2.05) is 24.3 Å². The fraction of sp³-hybridized carbons (Fsp3) is 0.208. The summed E-state index contributed by atoms with van der Waals surface area (Å²) in [6.07, 6.45) is 2.34. The highest BCUT2D eigenvalue weighted by atomic mass is 19.1. The summed E-state index contributed by atoms with van der Waals surface area (Å²) in [4.78, 5) is 31.8. The normalized spacial score (nSPS) is 11.0. The maximum Gasteiger partial charge on any atom is 0.342 e. The van der Waals surface area contributed by atoms with Crippen LogP contribution in [0.2, 0.25) is 0 Å². The van der Waals surface area contributed by atoms with Crippen molar-refractivity contribution in [3.05, 3.63) is 70.4 Å². The smallest absolute Gasteiger partial charge is 0.342 e. The molecule has 2 aromatic carbocycles. The van der Waals surface area contributed by atoms with E-state index in [1.54, 1.807) is 25.5 Å². The number of nitrogens with zero attached hydrogens (tertiary/aromatic N) is 4. The number of esters is 1. The molecule has 0 unspecified atom stereocenters. The molecule has 0 fully saturated rings. The Morgan fingerprint density at radius 3 is 2.69 bits per heavy atom. The molecule has 1 N–H and O–H groups in total. The number of hydrogen-bond acceptors (Lipinski definition) is 8. The van der Waals surface area contributed by atoms with E-state index in [9.17, 15) is 19.3 Å². The summed E-state index contributed by atoms with van der Waals surface area (Å²) in [7, 11) is 3.12. The van der Waals surface area contributed by atoms with Gasteiger partial charge in [0.25, 0.3) is 0 Å². The van der Waals surface area contributed by atoms with Crippen LogP contribution in [0.15, 0.2) is 48.9 Å². The molecular formula is C24H22FN5O5. The third-order valence-corrected chi connectivity index (χ3v) is 5.34. The molecule has 0 atom stereocenters. The third kappa shape index (κ3) is 4.35. The molecule has 0 aliphatic heterocycles. The fourth-order valence-electron chi connectivity index (χ4n) is 3.81. The minimum absolute atomic E-state index is 0.0615. The van der Waals surface area contributed by atoms with Gasteiger partial charge in [0, 0.05) is 30.8 Å². The van der Waals surface area contributed by atoms with E-state index in [2.05, 4.69) is 15.3 Å². The average Bonchev–Trinajstić information content (AvgIpc) is 3.10. The van der Waals surface area contributed by atoms with E-state index in [4.69, 9.17) is 9.47 Å². The van der Waals surface area contributed by atoms with Gasteiger partial charge in [-0.3, -0.25) is 10.1 Å². The van der Waals surface area contributed by atoms with Crippen LogP contribution in [0.25, 0.3) is 22.2 Å². The average molecular weight is 479 g/mol. The van der Waals surface area contributed by atoms with Crippen LogP contribution in [0, 0.1) is 15.9 Å². The van der Waals surface area contributed by atoms with Crippen LogP contribution in [0.3, 0.4) is 0 Å². The van der Waals surface area contributed by atoms with E-state index < -0.39 is 22.4 Å². The van der Waals surface area contributed by atoms with Gasteiger partial charge in [0.1, 0.15) is 23.5 Å². The second-order valence-corrected chi connectivity index (χ2v) is 7.92. The number of hydrogen-bond donors (Lipinski definition) is 1. The van der Waals surface area contributed by atoms with Crippen molar-refractivity contribution in [2.75, 3.05) is 12.4 Å². The van der Waals surface area contributed by atoms with Crippen molar-refractivity contribution in [3.8, 4) is 17.0 Å². The first-order chi connectivity index (χ1) is 16.7. The molecule has 4 aromatic rings. The second kappa shape index (κ2) is 9.37. The van der Waals surface area contributed by atoms with Gasteiger partial charge in [-0.05, 0) is 19.9 Å². The predicted molar refractivity (Wildman–Crippen MR) is 127 cm³/mol. The summed E-state index contributed by atoms with van der Waals surface area (Å²) in [6.45, 7) is 3.47. The zero-order chi connectivity index (χ0) is 25.3. The van der Waals surface area contributed by atoms with Gasteiger partial charge in [-0.1, -0.05) is 18.2 Å². The van der Waals surface area contributed by atoms with Crippen LogP contribution in [0.1, 0.15) is 24.2 Å². The van der Waals surface area contributed by atoms with Crippen molar-refractivity contribution in [2.45, 2.75) is 20.0 Å². The highest BCUT2D eigenvalue weighted by Gasteiger charge is 2.26. The largest absolute Gasteiger partial charge is 0.494 e. The van der Waals surface area contributed by atoms with Crippen LogP contribution >= 0.6 is 0 Å². The molecule has 0 aliphatic carbocycles. The summed E-state index contributed by atoms with van der Waals surface area (Å²) in [6, 6.07) is 9.43. The van der Waals surface area contributed by atoms with Gasteiger partial charge in [0.05, 0.1) is 40.6 Å². The van der Waals surface area contributed by atoms with E-state index in [0.717, 1.165) is 23.0 Å². The standard InChI is InChI=1S/C24H22FN5O5/c1-13(2)35-24(31)15-11-26-12-27-22(15)21-14-7-5-6-8-18(14)29(3)23(21)28-17-10-19(30(32)33)16(25)9-20(17)34-4/h5-13,28H,1-4H3. The minimum atomic E-state index is -1.02. The first kappa shape index (κ1) is 23.6. The highest BCUT2D eigenvalue weighted by Crippen LogP contribution is 2.42. The number of halogens is 1. The molecule has 0 radical (unpaired) electrons. The molecule has 180 valence electrons.